The number of carbonyl (C=O) groups is 1. The third-order valence-electron chi connectivity index (χ3n) is 2.20. The van der Waals surface area contributed by atoms with E-state index in [4.69, 9.17) is 0 Å². The quantitative estimate of drug-likeness (QED) is 0.541. The molecule has 0 radical (unpaired) electrons. The molecule has 3 nitrogen and oxygen atoms in total. The van der Waals surface area contributed by atoms with Crippen LogP contribution in [0.1, 0.15) is 26.7 Å². The zero-order chi connectivity index (χ0) is 11.8. The fourth-order valence-electron chi connectivity index (χ4n) is 1.26. The Morgan fingerprint density at radius 3 is 2.53 bits per heavy atom. The van der Waals surface area contributed by atoms with Crippen LogP contribution < -0.4 is 0 Å². The summed E-state index contributed by atoms with van der Waals surface area (Å²) >= 11 is 0. The number of rotatable bonds is 6. The van der Waals surface area contributed by atoms with E-state index < -0.39 is 12.1 Å². The van der Waals surface area contributed by atoms with Crippen molar-refractivity contribution >= 4 is 5.97 Å². The van der Waals surface area contributed by atoms with E-state index in [9.17, 15) is 9.90 Å². The molecular formula is C12H20O3. The molecule has 0 amide bonds. The van der Waals surface area contributed by atoms with Crippen LogP contribution in [0.15, 0.2) is 24.3 Å². The van der Waals surface area contributed by atoms with Gasteiger partial charge < -0.3 is 9.84 Å². The number of ether oxygens (including phenoxy) is 1. The molecule has 0 heterocycles. The van der Waals surface area contributed by atoms with Crippen LogP contribution in [-0.2, 0) is 9.53 Å². The van der Waals surface area contributed by atoms with Crippen molar-refractivity contribution < 1.29 is 14.6 Å². The number of esters is 1. The largest absolute Gasteiger partial charge is 0.467 e. The highest BCUT2D eigenvalue weighted by Crippen LogP contribution is 2.15. The van der Waals surface area contributed by atoms with Gasteiger partial charge in [0.1, 0.15) is 0 Å². The van der Waals surface area contributed by atoms with Gasteiger partial charge in [0.25, 0.3) is 0 Å². The summed E-state index contributed by atoms with van der Waals surface area (Å²) in [7, 11) is 1.27. The zero-order valence-corrected chi connectivity index (χ0v) is 9.69. The highest BCUT2D eigenvalue weighted by Gasteiger charge is 2.23. The Bertz CT molecular complexity index is 239. The Hall–Kier alpha value is -1.09. The second-order valence-corrected chi connectivity index (χ2v) is 3.73. The average molecular weight is 212 g/mol. The molecule has 86 valence electrons. The predicted octanol–water partition coefficient (Wildman–Crippen LogP) is 2.07. The highest BCUT2D eigenvalue weighted by atomic mass is 16.5. The molecule has 0 rings (SSSR count). The first-order chi connectivity index (χ1) is 7.02. The lowest BCUT2D eigenvalue weighted by atomic mass is 9.96. The van der Waals surface area contributed by atoms with Gasteiger partial charge in [0, 0.05) is 5.92 Å². The van der Waals surface area contributed by atoms with Crippen LogP contribution in [0.25, 0.3) is 0 Å². The van der Waals surface area contributed by atoms with Gasteiger partial charge >= 0.3 is 5.97 Å². The number of carbonyl (C=O) groups excluding carboxylic acids is 1. The molecule has 15 heavy (non-hydrogen) atoms. The fourth-order valence-corrected chi connectivity index (χ4v) is 1.26. The molecule has 0 aliphatic heterocycles. The summed E-state index contributed by atoms with van der Waals surface area (Å²) in [5.41, 5.74) is 1.23. The normalized spacial score (nSPS) is 13.9. The molecule has 3 heteroatoms. The molecule has 0 saturated carbocycles. The zero-order valence-electron chi connectivity index (χ0n) is 9.69. The first-order valence-electron chi connectivity index (χ1n) is 5.04. The van der Waals surface area contributed by atoms with E-state index in [2.05, 4.69) is 17.4 Å². The van der Waals surface area contributed by atoms with Gasteiger partial charge in [-0.05, 0) is 26.7 Å². The van der Waals surface area contributed by atoms with Crippen LogP contribution in [0.4, 0.5) is 0 Å². The van der Waals surface area contributed by atoms with Gasteiger partial charge in [-0.15, -0.1) is 6.58 Å². The molecule has 0 aliphatic rings. The van der Waals surface area contributed by atoms with Gasteiger partial charge in [-0.1, -0.05) is 17.7 Å². The molecule has 0 spiro atoms. The minimum Gasteiger partial charge on any atom is -0.467 e. The average Bonchev–Trinajstić information content (AvgIpc) is 2.22. The van der Waals surface area contributed by atoms with E-state index in [0.29, 0.717) is 6.42 Å². The summed E-state index contributed by atoms with van der Waals surface area (Å²) in [6.07, 6.45) is 4.09. The molecule has 0 bridgehead atoms. The van der Waals surface area contributed by atoms with Gasteiger partial charge in [-0.25, -0.2) is 4.79 Å². The molecule has 2 atom stereocenters. The number of hydrogen-bond donors (Lipinski definition) is 1. The standard InChI is InChI=1S/C12H20O3/c1-5-10(8-6-7-9(2)3)11(13)12(14)15-4/h5,7,10-11,13H,1,6,8H2,2-4H3. The van der Waals surface area contributed by atoms with E-state index >= 15 is 0 Å². The van der Waals surface area contributed by atoms with Gasteiger partial charge in [0.05, 0.1) is 7.11 Å². The molecule has 1 N–H and O–H groups in total. The minimum atomic E-state index is -1.10. The Kier molecular flexibility index (Phi) is 6.71. The fraction of sp³-hybridized carbons (Fsp3) is 0.583. The summed E-state index contributed by atoms with van der Waals surface area (Å²) in [4.78, 5) is 11.1. The van der Waals surface area contributed by atoms with Gasteiger partial charge in [0.15, 0.2) is 6.10 Å². The summed E-state index contributed by atoms with van der Waals surface area (Å²) in [6, 6.07) is 0. The SMILES string of the molecule is C=CC(CCC=C(C)C)C(O)C(=O)OC. The molecule has 2 unspecified atom stereocenters. The smallest absolute Gasteiger partial charge is 0.335 e. The Labute approximate surface area is 91.4 Å². The number of methoxy groups -OCH3 is 1. The van der Waals surface area contributed by atoms with Crippen molar-refractivity contribution in [2.75, 3.05) is 7.11 Å². The maximum absolute atomic E-state index is 11.1. The highest BCUT2D eigenvalue weighted by molar-refractivity contribution is 5.74. The second kappa shape index (κ2) is 7.23. The first-order valence-corrected chi connectivity index (χ1v) is 5.04. The topological polar surface area (TPSA) is 46.5 Å². The number of allylic oxidation sites excluding steroid dienone is 2. The van der Waals surface area contributed by atoms with Crippen molar-refractivity contribution in [2.45, 2.75) is 32.8 Å². The lowest BCUT2D eigenvalue weighted by Gasteiger charge is -2.16. The van der Waals surface area contributed by atoms with Crippen molar-refractivity contribution in [2.24, 2.45) is 5.92 Å². The van der Waals surface area contributed by atoms with Crippen LogP contribution >= 0.6 is 0 Å². The van der Waals surface area contributed by atoms with E-state index in [1.54, 1.807) is 6.08 Å². The van der Waals surface area contributed by atoms with E-state index in [0.717, 1.165) is 6.42 Å². The van der Waals surface area contributed by atoms with Crippen molar-refractivity contribution in [3.05, 3.63) is 24.3 Å². The molecule has 0 aromatic rings. The van der Waals surface area contributed by atoms with Gasteiger partial charge in [-0.2, -0.15) is 0 Å². The summed E-state index contributed by atoms with van der Waals surface area (Å²) in [6.45, 7) is 7.64. The van der Waals surface area contributed by atoms with Crippen molar-refractivity contribution in [3.63, 3.8) is 0 Å². The van der Waals surface area contributed by atoms with Crippen LogP contribution in [0.3, 0.4) is 0 Å². The number of aliphatic hydroxyl groups excluding tert-OH is 1. The van der Waals surface area contributed by atoms with Crippen LogP contribution in [0.2, 0.25) is 0 Å². The summed E-state index contributed by atoms with van der Waals surface area (Å²) in [5, 5.41) is 9.58. The maximum Gasteiger partial charge on any atom is 0.335 e. The second-order valence-electron chi connectivity index (χ2n) is 3.73. The number of hydrogen-bond acceptors (Lipinski definition) is 3. The Balaban J connectivity index is 4.18. The molecule has 0 aromatic heterocycles. The van der Waals surface area contributed by atoms with Gasteiger partial charge in [0.2, 0.25) is 0 Å². The van der Waals surface area contributed by atoms with E-state index in [1.165, 1.54) is 12.7 Å². The van der Waals surface area contributed by atoms with Crippen LogP contribution in [0, 0.1) is 5.92 Å². The third-order valence-corrected chi connectivity index (χ3v) is 2.20. The van der Waals surface area contributed by atoms with Gasteiger partial charge in [-0.3, -0.25) is 0 Å². The van der Waals surface area contributed by atoms with Crippen molar-refractivity contribution in [1.29, 1.82) is 0 Å². The van der Waals surface area contributed by atoms with E-state index in [1.807, 2.05) is 13.8 Å². The molecule has 0 aromatic carbocycles. The van der Waals surface area contributed by atoms with Crippen LogP contribution in [0.5, 0.6) is 0 Å². The summed E-state index contributed by atoms with van der Waals surface area (Å²) in [5.74, 6) is -0.842. The maximum atomic E-state index is 11.1. The van der Waals surface area contributed by atoms with E-state index in [-0.39, 0.29) is 5.92 Å². The molecule has 0 saturated heterocycles. The predicted molar refractivity (Wildman–Crippen MR) is 60.4 cm³/mol. The number of aliphatic hydroxyl groups is 1. The molecule has 0 aliphatic carbocycles. The Morgan fingerprint density at radius 1 is 1.53 bits per heavy atom. The first kappa shape index (κ1) is 13.9. The Morgan fingerprint density at radius 2 is 2.13 bits per heavy atom. The monoisotopic (exact) mass is 212 g/mol. The minimum absolute atomic E-state index is 0.243. The van der Waals surface area contributed by atoms with Crippen LogP contribution in [-0.4, -0.2) is 24.3 Å². The lowest BCUT2D eigenvalue weighted by molar-refractivity contribution is -0.152. The summed E-state index contributed by atoms with van der Waals surface area (Å²) < 4.78 is 4.47. The lowest BCUT2D eigenvalue weighted by Crippen LogP contribution is -2.29. The van der Waals surface area contributed by atoms with Crippen molar-refractivity contribution in [1.82, 2.24) is 0 Å². The third kappa shape index (κ3) is 5.37. The molecule has 0 fully saturated rings. The molecular weight excluding hydrogens is 192 g/mol. The van der Waals surface area contributed by atoms with Crippen molar-refractivity contribution in [3.8, 4) is 0 Å².